The minimum Gasteiger partial charge on any atom is -0.325 e. The van der Waals surface area contributed by atoms with Crippen molar-refractivity contribution in [1.29, 1.82) is 0 Å². The third kappa shape index (κ3) is 3.66. The first-order chi connectivity index (χ1) is 12.1. The molecular formula is C16H16N4O4S2. The number of fused-ring (bicyclic) bond motifs is 1. The van der Waals surface area contributed by atoms with Gasteiger partial charge in [0.25, 0.3) is 5.56 Å². The Morgan fingerprint density at radius 2 is 1.92 bits per heavy atom. The van der Waals surface area contributed by atoms with Gasteiger partial charge in [0.2, 0.25) is 15.9 Å². The molecule has 0 aliphatic carbocycles. The lowest BCUT2D eigenvalue weighted by molar-refractivity contribution is -0.116. The molecule has 26 heavy (non-hydrogen) atoms. The van der Waals surface area contributed by atoms with Crippen LogP contribution in [-0.2, 0) is 21.4 Å². The minimum absolute atomic E-state index is 0.0509. The molecule has 3 aromatic rings. The molecule has 0 atom stereocenters. The van der Waals surface area contributed by atoms with Gasteiger partial charge in [-0.05, 0) is 44.2 Å². The number of sulfonamides is 1. The van der Waals surface area contributed by atoms with E-state index in [0.29, 0.717) is 21.7 Å². The van der Waals surface area contributed by atoms with E-state index in [2.05, 4.69) is 10.3 Å². The highest BCUT2D eigenvalue weighted by molar-refractivity contribution is 7.89. The molecule has 0 aliphatic heterocycles. The van der Waals surface area contributed by atoms with Crippen LogP contribution >= 0.6 is 11.3 Å². The number of carbonyl (C=O) groups is 1. The molecule has 3 rings (SSSR count). The van der Waals surface area contributed by atoms with E-state index in [4.69, 9.17) is 5.14 Å². The summed E-state index contributed by atoms with van der Waals surface area (Å²) in [4.78, 5) is 30.8. The highest BCUT2D eigenvalue weighted by atomic mass is 32.2. The molecule has 0 bridgehead atoms. The van der Waals surface area contributed by atoms with Gasteiger partial charge in [-0.1, -0.05) is 0 Å². The van der Waals surface area contributed by atoms with Gasteiger partial charge in [-0.25, -0.2) is 18.5 Å². The molecular weight excluding hydrogens is 376 g/mol. The molecule has 0 aliphatic rings. The first-order valence-electron chi connectivity index (χ1n) is 7.55. The fraction of sp³-hybridized carbons (Fsp3) is 0.188. The van der Waals surface area contributed by atoms with Crippen molar-refractivity contribution in [2.45, 2.75) is 25.3 Å². The summed E-state index contributed by atoms with van der Waals surface area (Å²) in [6.07, 6.45) is 0. The molecule has 1 amide bonds. The van der Waals surface area contributed by atoms with E-state index >= 15 is 0 Å². The number of primary sulfonamides is 1. The molecule has 0 spiro atoms. The van der Waals surface area contributed by atoms with Crippen molar-refractivity contribution in [3.8, 4) is 0 Å². The molecule has 0 unspecified atom stereocenters. The molecule has 0 radical (unpaired) electrons. The van der Waals surface area contributed by atoms with Crippen LogP contribution in [0.3, 0.4) is 0 Å². The van der Waals surface area contributed by atoms with Gasteiger partial charge in [0, 0.05) is 10.6 Å². The number of amides is 1. The number of rotatable bonds is 4. The van der Waals surface area contributed by atoms with Crippen LogP contribution in [0.4, 0.5) is 5.69 Å². The highest BCUT2D eigenvalue weighted by Crippen LogP contribution is 2.20. The molecule has 0 fully saturated rings. The molecule has 0 saturated heterocycles. The Hall–Kier alpha value is -2.56. The predicted octanol–water partition coefficient (Wildman–Crippen LogP) is 1.36. The number of anilines is 1. The Bertz CT molecular complexity index is 1160. The summed E-state index contributed by atoms with van der Waals surface area (Å²) in [5.74, 6) is 0.0238. The largest absolute Gasteiger partial charge is 0.325 e. The fourth-order valence-corrected chi connectivity index (χ4v) is 3.93. The van der Waals surface area contributed by atoms with Crippen LogP contribution < -0.4 is 16.0 Å². The number of nitrogens with two attached hydrogens (primary N) is 1. The van der Waals surface area contributed by atoms with Crippen LogP contribution in [0.2, 0.25) is 0 Å². The zero-order chi connectivity index (χ0) is 19.1. The first kappa shape index (κ1) is 18.2. The number of nitrogens with one attached hydrogen (secondary N) is 1. The van der Waals surface area contributed by atoms with Gasteiger partial charge < -0.3 is 5.32 Å². The van der Waals surface area contributed by atoms with E-state index in [0.717, 1.165) is 4.88 Å². The molecule has 0 saturated carbocycles. The van der Waals surface area contributed by atoms with Crippen molar-refractivity contribution >= 4 is 43.2 Å². The third-order valence-corrected chi connectivity index (χ3v) is 5.61. The van der Waals surface area contributed by atoms with E-state index in [-0.39, 0.29) is 17.0 Å². The van der Waals surface area contributed by atoms with Gasteiger partial charge in [-0.15, -0.1) is 11.3 Å². The highest BCUT2D eigenvalue weighted by Gasteiger charge is 2.14. The lowest BCUT2D eigenvalue weighted by Gasteiger charge is -2.10. The Balaban J connectivity index is 1.82. The second kappa shape index (κ2) is 6.63. The maximum Gasteiger partial charge on any atom is 0.262 e. The Kier molecular flexibility index (Phi) is 4.65. The normalized spacial score (nSPS) is 11.7. The summed E-state index contributed by atoms with van der Waals surface area (Å²) in [5.41, 5.74) is 0.130. The summed E-state index contributed by atoms with van der Waals surface area (Å²) >= 11 is 1.43. The molecule has 1 aromatic carbocycles. The molecule has 2 heterocycles. The second-order valence-electron chi connectivity index (χ2n) is 5.74. The van der Waals surface area contributed by atoms with Crippen molar-refractivity contribution in [2.24, 2.45) is 5.14 Å². The molecule has 10 heteroatoms. The number of nitrogens with zero attached hydrogens (tertiary/aromatic N) is 2. The van der Waals surface area contributed by atoms with Crippen molar-refractivity contribution in [2.75, 3.05) is 5.32 Å². The Labute approximate surface area is 153 Å². The van der Waals surface area contributed by atoms with Gasteiger partial charge in [-0.2, -0.15) is 0 Å². The van der Waals surface area contributed by atoms with Crippen LogP contribution in [0.15, 0.2) is 40.0 Å². The number of hydrogen-bond donors (Lipinski definition) is 2. The fourth-order valence-electron chi connectivity index (χ4n) is 2.50. The van der Waals surface area contributed by atoms with E-state index in [1.807, 2.05) is 6.92 Å². The summed E-state index contributed by atoms with van der Waals surface area (Å²) < 4.78 is 23.8. The van der Waals surface area contributed by atoms with Crippen LogP contribution in [0, 0.1) is 13.8 Å². The van der Waals surface area contributed by atoms with Crippen molar-refractivity contribution in [3.63, 3.8) is 0 Å². The van der Waals surface area contributed by atoms with Crippen LogP contribution in [0.1, 0.15) is 10.7 Å². The minimum atomic E-state index is -3.79. The smallest absolute Gasteiger partial charge is 0.262 e. The van der Waals surface area contributed by atoms with Gasteiger partial charge in [0.15, 0.2) is 0 Å². The zero-order valence-corrected chi connectivity index (χ0v) is 15.6. The zero-order valence-electron chi connectivity index (χ0n) is 14.0. The van der Waals surface area contributed by atoms with Crippen LogP contribution in [0.5, 0.6) is 0 Å². The number of aryl methyl sites for hydroxylation is 2. The van der Waals surface area contributed by atoms with E-state index in [1.165, 1.54) is 40.2 Å². The quantitative estimate of drug-likeness (QED) is 0.694. The maximum atomic E-state index is 12.6. The molecule has 136 valence electrons. The number of aromatic nitrogens is 2. The Morgan fingerprint density at radius 3 is 2.54 bits per heavy atom. The summed E-state index contributed by atoms with van der Waals surface area (Å²) in [7, 11) is -3.79. The number of hydrogen-bond acceptors (Lipinski definition) is 6. The van der Waals surface area contributed by atoms with Gasteiger partial charge >= 0.3 is 0 Å². The standard InChI is InChI=1S/C16H16N4O4S2/c1-9-7-13-15(25-9)18-10(2)20(16(13)22)8-14(21)19-11-3-5-12(6-4-11)26(17,23)24/h3-7H,8H2,1-2H3,(H,19,21)(H2,17,23,24). The van der Waals surface area contributed by atoms with Gasteiger partial charge in [0.1, 0.15) is 17.2 Å². The number of carbonyl (C=O) groups excluding carboxylic acids is 1. The number of thiophene rings is 1. The summed E-state index contributed by atoms with van der Waals surface area (Å²) in [6, 6.07) is 7.21. The van der Waals surface area contributed by atoms with Crippen LogP contribution in [0.25, 0.3) is 10.2 Å². The average Bonchev–Trinajstić information content (AvgIpc) is 2.91. The Morgan fingerprint density at radius 1 is 1.27 bits per heavy atom. The topological polar surface area (TPSA) is 124 Å². The monoisotopic (exact) mass is 392 g/mol. The van der Waals surface area contributed by atoms with Crippen molar-refractivity contribution in [3.05, 3.63) is 51.4 Å². The van der Waals surface area contributed by atoms with Crippen LogP contribution in [-0.4, -0.2) is 23.9 Å². The molecule has 2 aromatic heterocycles. The third-order valence-electron chi connectivity index (χ3n) is 3.73. The number of benzene rings is 1. The van der Waals surface area contributed by atoms with Crippen molar-refractivity contribution < 1.29 is 13.2 Å². The van der Waals surface area contributed by atoms with Gasteiger partial charge in [-0.3, -0.25) is 14.2 Å². The maximum absolute atomic E-state index is 12.6. The van der Waals surface area contributed by atoms with E-state index in [9.17, 15) is 18.0 Å². The molecule has 3 N–H and O–H groups in total. The first-order valence-corrected chi connectivity index (χ1v) is 9.92. The van der Waals surface area contributed by atoms with Gasteiger partial charge in [0.05, 0.1) is 10.3 Å². The lowest BCUT2D eigenvalue weighted by atomic mass is 10.3. The van der Waals surface area contributed by atoms with E-state index < -0.39 is 15.9 Å². The lowest BCUT2D eigenvalue weighted by Crippen LogP contribution is -2.29. The van der Waals surface area contributed by atoms with Crippen molar-refractivity contribution in [1.82, 2.24) is 9.55 Å². The summed E-state index contributed by atoms with van der Waals surface area (Å²) in [6.45, 7) is 3.37. The predicted molar refractivity (Wildman–Crippen MR) is 99.8 cm³/mol. The average molecular weight is 392 g/mol. The molecule has 8 nitrogen and oxygen atoms in total. The summed E-state index contributed by atoms with van der Waals surface area (Å²) in [5, 5.41) is 8.14. The second-order valence-corrected chi connectivity index (χ2v) is 8.54. The van der Waals surface area contributed by atoms with E-state index in [1.54, 1.807) is 13.0 Å². The SMILES string of the molecule is Cc1cc2c(=O)n(CC(=O)Nc3ccc(S(N)(=O)=O)cc3)c(C)nc2s1.